The standard InChI is InChI=1S/C25H41N3O8S.Na/c1-14(2)5-19(22(30)27-20(23(31)37(33,34)35)9-18-3-4-26-21(18)29)28-24(32)36-13-25-10-15-6-16(11-25)8-17(7-15)12-25;/h14-20,23,31H,3-13H2,1-2H3,(H,26,29)(H,27,30)(H,28,32)(H,33,34,35);/q;+1/p-1/t15?,16?,17?,18-,19+,20+,23?,25?;/m1./s1. The zero-order valence-corrected chi connectivity index (χ0v) is 25.4. The van der Waals surface area contributed by atoms with E-state index in [9.17, 15) is 32.5 Å². The maximum Gasteiger partial charge on any atom is 1.00 e. The summed E-state index contributed by atoms with van der Waals surface area (Å²) in [6.07, 6.45) is 6.71. The molecule has 5 rings (SSSR count). The van der Waals surface area contributed by atoms with Crippen LogP contribution >= 0.6 is 0 Å². The summed E-state index contributed by atoms with van der Waals surface area (Å²) >= 11 is 0. The second-order valence-electron chi connectivity index (χ2n) is 12.3. The molecule has 5 aliphatic rings. The molecule has 1 saturated heterocycles. The Morgan fingerprint density at radius 3 is 2.18 bits per heavy atom. The van der Waals surface area contributed by atoms with Gasteiger partial charge in [-0.1, -0.05) is 13.8 Å². The van der Waals surface area contributed by atoms with E-state index in [1.807, 2.05) is 13.8 Å². The van der Waals surface area contributed by atoms with E-state index in [0.29, 0.717) is 37.3 Å². The van der Waals surface area contributed by atoms with Crippen molar-refractivity contribution in [2.24, 2.45) is 35.0 Å². The molecular formula is C25H40N3NaO8S. The van der Waals surface area contributed by atoms with Gasteiger partial charge in [0.2, 0.25) is 11.8 Å². The van der Waals surface area contributed by atoms with Gasteiger partial charge in [0.15, 0.2) is 5.44 Å². The first-order chi connectivity index (χ1) is 17.3. The first-order valence-electron chi connectivity index (χ1n) is 13.5. The average molecular weight is 566 g/mol. The number of ether oxygens (including phenoxy) is 1. The number of amides is 3. The third kappa shape index (κ3) is 7.84. The van der Waals surface area contributed by atoms with Crippen LogP contribution in [0, 0.1) is 35.0 Å². The summed E-state index contributed by atoms with van der Waals surface area (Å²) in [5, 5.41) is 17.8. The van der Waals surface area contributed by atoms with E-state index in [2.05, 4.69) is 16.0 Å². The molecule has 5 fully saturated rings. The van der Waals surface area contributed by atoms with E-state index < -0.39 is 45.6 Å². The Bertz CT molecular complexity index is 956. The quantitative estimate of drug-likeness (QED) is 0.168. The smallest absolute Gasteiger partial charge is 0.746 e. The van der Waals surface area contributed by atoms with E-state index in [-0.39, 0.29) is 59.6 Å². The largest absolute Gasteiger partial charge is 1.00 e. The van der Waals surface area contributed by atoms with Crippen molar-refractivity contribution < 1.29 is 66.8 Å². The maximum absolute atomic E-state index is 13.1. The molecular weight excluding hydrogens is 525 g/mol. The molecule has 0 aromatic heterocycles. The molecule has 4 saturated carbocycles. The number of alkyl carbamates (subject to hydrolysis) is 1. The third-order valence-electron chi connectivity index (χ3n) is 8.66. The Morgan fingerprint density at radius 1 is 1.13 bits per heavy atom. The molecule has 4 aliphatic carbocycles. The molecule has 38 heavy (non-hydrogen) atoms. The van der Waals surface area contributed by atoms with Crippen LogP contribution in [-0.4, -0.2) is 66.7 Å². The van der Waals surface area contributed by atoms with E-state index in [4.69, 9.17) is 4.74 Å². The van der Waals surface area contributed by atoms with E-state index >= 15 is 0 Å². The fraction of sp³-hybridized carbons (Fsp3) is 0.880. The van der Waals surface area contributed by atoms with Gasteiger partial charge in [0.1, 0.15) is 16.2 Å². The average Bonchev–Trinajstić information content (AvgIpc) is 3.18. The Hall–Kier alpha value is -0.920. The SMILES string of the molecule is CC(C)C[C@H](NC(=O)OCC12CC3CC(CC(C3)C1)C2)C(=O)N[C@@H](C[C@H]1CCNC1=O)C(O)S(=O)(=O)[O-].[Na+]. The minimum Gasteiger partial charge on any atom is -0.746 e. The maximum atomic E-state index is 13.1. The predicted molar refractivity (Wildman–Crippen MR) is 132 cm³/mol. The van der Waals surface area contributed by atoms with Crippen LogP contribution in [0.4, 0.5) is 4.79 Å². The number of hydrogen-bond acceptors (Lipinski definition) is 8. The monoisotopic (exact) mass is 565 g/mol. The normalized spacial score (nSPS) is 32.2. The molecule has 0 radical (unpaired) electrons. The minimum absolute atomic E-state index is 0. The zero-order valence-electron chi connectivity index (χ0n) is 22.6. The predicted octanol–water partition coefficient (Wildman–Crippen LogP) is -1.78. The molecule has 1 aliphatic heterocycles. The summed E-state index contributed by atoms with van der Waals surface area (Å²) in [5.41, 5.74) is -2.41. The van der Waals surface area contributed by atoms with Gasteiger partial charge in [0, 0.05) is 17.9 Å². The molecule has 4 atom stereocenters. The van der Waals surface area contributed by atoms with Gasteiger partial charge in [0.05, 0.1) is 12.6 Å². The van der Waals surface area contributed by atoms with Gasteiger partial charge in [-0.2, -0.15) is 0 Å². The fourth-order valence-corrected chi connectivity index (χ4v) is 8.06. The van der Waals surface area contributed by atoms with Crippen molar-refractivity contribution in [1.29, 1.82) is 0 Å². The van der Waals surface area contributed by atoms with Crippen molar-refractivity contribution in [2.75, 3.05) is 13.2 Å². The molecule has 0 aromatic carbocycles. The molecule has 1 heterocycles. The van der Waals surface area contributed by atoms with Crippen molar-refractivity contribution in [3.05, 3.63) is 0 Å². The van der Waals surface area contributed by atoms with Crippen LogP contribution in [0.15, 0.2) is 0 Å². The van der Waals surface area contributed by atoms with Crippen molar-refractivity contribution in [3.63, 3.8) is 0 Å². The van der Waals surface area contributed by atoms with Crippen LogP contribution in [0.1, 0.15) is 71.6 Å². The summed E-state index contributed by atoms with van der Waals surface area (Å²) in [6.45, 7) is 4.42. The van der Waals surface area contributed by atoms with Crippen molar-refractivity contribution >= 4 is 28.0 Å². The first kappa shape index (κ1) is 31.6. The van der Waals surface area contributed by atoms with E-state index in [0.717, 1.165) is 19.3 Å². The topological polar surface area (TPSA) is 174 Å². The molecule has 4 bridgehead atoms. The Kier molecular flexibility index (Phi) is 10.6. The van der Waals surface area contributed by atoms with Gasteiger partial charge < -0.3 is 30.3 Å². The van der Waals surface area contributed by atoms with Crippen LogP contribution in [-0.2, 0) is 24.4 Å². The number of rotatable bonds is 11. The van der Waals surface area contributed by atoms with E-state index in [1.54, 1.807) is 0 Å². The molecule has 1 unspecified atom stereocenters. The first-order valence-corrected chi connectivity index (χ1v) is 14.9. The number of carbonyl (C=O) groups excluding carboxylic acids is 3. The van der Waals surface area contributed by atoms with Crippen LogP contribution in [0.5, 0.6) is 0 Å². The summed E-state index contributed by atoms with van der Waals surface area (Å²) < 4.78 is 40.2. The van der Waals surface area contributed by atoms with Gasteiger partial charge >= 0.3 is 35.7 Å². The second kappa shape index (κ2) is 12.7. The Labute approximate surface area is 247 Å². The number of aliphatic hydroxyl groups is 1. The zero-order chi connectivity index (χ0) is 27.0. The van der Waals surface area contributed by atoms with Gasteiger partial charge in [0.25, 0.3) is 0 Å². The number of hydrogen-bond donors (Lipinski definition) is 4. The summed E-state index contributed by atoms with van der Waals surface area (Å²) in [7, 11) is -5.16. The molecule has 0 spiro atoms. The van der Waals surface area contributed by atoms with Crippen LogP contribution in [0.2, 0.25) is 0 Å². The molecule has 0 aromatic rings. The van der Waals surface area contributed by atoms with Crippen molar-refractivity contribution in [1.82, 2.24) is 16.0 Å². The van der Waals surface area contributed by atoms with Crippen LogP contribution < -0.4 is 45.5 Å². The second-order valence-corrected chi connectivity index (χ2v) is 13.8. The molecule has 11 nitrogen and oxygen atoms in total. The Morgan fingerprint density at radius 2 is 1.71 bits per heavy atom. The van der Waals surface area contributed by atoms with Gasteiger partial charge in [-0.15, -0.1) is 0 Å². The van der Waals surface area contributed by atoms with Gasteiger partial charge in [-0.3, -0.25) is 9.59 Å². The number of nitrogens with one attached hydrogen (secondary N) is 3. The van der Waals surface area contributed by atoms with Gasteiger partial charge in [-0.05, 0) is 81.5 Å². The van der Waals surface area contributed by atoms with Crippen LogP contribution in [0.3, 0.4) is 0 Å². The molecule has 13 heteroatoms. The molecule has 3 amide bonds. The summed E-state index contributed by atoms with van der Waals surface area (Å²) in [5.74, 6) is 0.390. The van der Waals surface area contributed by atoms with Gasteiger partial charge in [-0.25, -0.2) is 13.2 Å². The molecule has 4 N–H and O–H groups in total. The number of carbonyl (C=O) groups is 3. The number of aliphatic hydroxyl groups excluding tert-OH is 1. The third-order valence-corrected chi connectivity index (χ3v) is 9.58. The van der Waals surface area contributed by atoms with Crippen molar-refractivity contribution in [2.45, 2.75) is 89.2 Å². The molecule has 210 valence electrons. The van der Waals surface area contributed by atoms with Crippen molar-refractivity contribution in [3.8, 4) is 0 Å². The summed E-state index contributed by atoms with van der Waals surface area (Å²) in [4.78, 5) is 37.9. The van der Waals surface area contributed by atoms with Crippen LogP contribution in [0.25, 0.3) is 0 Å². The minimum atomic E-state index is -5.16. The Balaban J connectivity index is 0.00000400. The fourth-order valence-electron chi connectivity index (χ4n) is 7.48. The summed E-state index contributed by atoms with van der Waals surface area (Å²) in [6, 6.07) is -2.56. The van der Waals surface area contributed by atoms with E-state index in [1.165, 1.54) is 19.3 Å².